The summed E-state index contributed by atoms with van der Waals surface area (Å²) in [6, 6.07) is -0.558. The number of hydrogen-bond acceptors (Lipinski definition) is 4. The topological polar surface area (TPSA) is 88.0 Å². The minimum atomic E-state index is -0.558. The van der Waals surface area contributed by atoms with Crippen molar-refractivity contribution in [2.24, 2.45) is 11.1 Å². The lowest BCUT2D eigenvalue weighted by molar-refractivity contribution is -0.124. The number of aromatic nitrogens is 1. The van der Waals surface area contributed by atoms with Crippen molar-refractivity contribution in [2.75, 3.05) is 0 Å². The molecule has 1 rings (SSSR count). The highest BCUT2D eigenvalue weighted by Crippen LogP contribution is 2.17. The maximum atomic E-state index is 11.6. The number of carbonyl (C=O) groups excluding carboxylic acids is 1. The fourth-order valence-electron chi connectivity index (χ4n) is 1.09. The molecule has 0 aromatic carbocycles. The van der Waals surface area contributed by atoms with E-state index in [2.05, 4.69) is 10.3 Å². The van der Waals surface area contributed by atoms with Crippen LogP contribution in [0.1, 0.15) is 26.5 Å². The Labute approximate surface area is 98.1 Å². The predicted octanol–water partition coefficient (Wildman–Crippen LogP) is 0.426. The van der Waals surface area contributed by atoms with E-state index in [4.69, 9.17) is 5.73 Å². The molecule has 0 aliphatic heterocycles. The molecule has 1 heterocycles. The van der Waals surface area contributed by atoms with Crippen LogP contribution in [0.2, 0.25) is 0 Å². The number of thiazole rings is 1. The number of H-pyrrole nitrogens is 1. The summed E-state index contributed by atoms with van der Waals surface area (Å²) in [5, 5.41) is 4.38. The van der Waals surface area contributed by atoms with Crippen LogP contribution in [0, 0.1) is 5.41 Å². The second-order valence-corrected chi connectivity index (χ2v) is 5.58. The summed E-state index contributed by atoms with van der Waals surface area (Å²) in [6.07, 6.45) is 0. The van der Waals surface area contributed by atoms with Gasteiger partial charge in [-0.15, -0.1) is 0 Å². The van der Waals surface area contributed by atoms with Crippen molar-refractivity contribution in [1.82, 2.24) is 10.3 Å². The van der Waals surface area contributed by atoms with Crippen LogP contribution in [0.25, 0.3) is 0 Å². The lowest BCUT2D eigenvalue weighted by Crippen LogP contribution is -2.48. The zero-order valence-electron chi connectivity index (χ0n) is 9.66. The Bertz CT molecular complexity index is 416. The highest BCUT2D eigenvalue weighted by Gasteiger charge is 2.27. The van der Waals surface area contributed by atoms with Crippen LogP contribution in [0.3, 0.4) is 0 Å². The molecule has 90 valence electrons. The molecule has 0 saturated carbocycles. The molecular weight excluding hydrogens is 226 g/mol. The Morgan fingerprint density at radius 2 is 2.25 bits per heavy atom. The number of nitrogens with one attached hydrogen (secondary N) is 2. The standard InChI is InChI=1S/C10H17N3O2S/c1-10(2,3)7(11)8(14)12-4-6-5-16-9(15)13-6/h5,7H,4,11H2,1-3H3,(H,12,14)(H,13,15)/t7-/m0/s1. The minimum absolute atomic E-state index is 0.121. The number of carbonyl (C=O) groups is 1. The lowest BCUT2D eigenvalue weighted by Gasteiger charge is -2.25. The lowest BCUT2D eigenvalue weighted by atomic mass is 9.87. The average molecular weight is 243 g/mol. The first-order valence-electron chi connectivity index (χ1n) is 5.00. The van der Waals surface area contributed by atoms with Gasteiger partial charge in [-0.05, 0) is 5.41 Å². The molecule has 4 N–H and O–H groups in total. The highest BCUT2D eigenvalue weighted by molar-refractivity contribution is 7.07. The molecule has 0 saturated heterocycles. The van der Waals surface area contributed by atoms with Crippen molar-refractivity contribution in [3.63, 3.8) is 0 Å². The fourth-order valence-corrected chi connectivity index (χ4v) is 1.67. The summed E-state index contributed by atoms with van der Waals surface area (Å²) in [5.74, 6) is -0.209. The first-order valence-corrected chi connectivity index (χ1v) is 5.88. The molecule has 5 nitrogen and oxygen atoms in total. The van der Waals surface area contributed by atoms with Gasteiger partial charge >= 0.3 is 4.87 Å². The molecule has 1 aromatic rings. The van der Waals surface area contributed by atoms with E-state index in [0.717, 1.165) is 11.3 Å². The monoisotopic (exact) mass is 243 g/mol. The van der Waals surface area contributed by atoms with Crippen molar-refractivity contribution in [3.8, 4) is 0 Å². The van der Waals surface area contributed by atoms with Crippen molar-refractivity contribution >= 4 is 17.2 Å². The van der Waals surface area contributed by atoms with E-state index in [9.17, 15) is 9.59 Å². The van der Waals surface area contributed by atoms with Crippen molar-refractivity contribution in [1.29, 1.82) is 0 Å². The Morgan fingerprint density at radius 1 is 1.62 bits per heavy atom. The van der Waals surface area contributed by atoms with Gasteiger partial charge < -0.3 is 16.0 Å². The molecule has 1 amide bonds. The van der Waals surface area contributed by atoms with Gasteiger partial charge in [-0.1, -0.05) is 32.1 Å². The molecule has 0 radical (unpaired) electrons. The van der Waals surface area contributed by atoms with E-state index < -0.39 is 6.04 Å². The number of amides is 1. The van der Waals surface area contributed by atoms with E-state index in [1.54, 1.807) is 5.38 Å². The Hall–Kier alpha value is -1.14. The summed E-state index contributed by atoms with van der Waals surface area (Å²) in [4.78, 5) is 25.0. The van der Waals surface area contributed by atoms with Gasteiger partial charge in [0.25, 0.3) is 0 Å². The van der Waals surface area contributed by atoms with Crippen molar-refractivity contribution < 1.29 is 4.79 Å². The quantitative estimate of drug-likeness (QED) is 0.719. The Morgan fingerprint density at radius 3 is 2.69 bits per heavy atom. The van der Waals surface area contributed by atoms with Crippen LogP contribution in [0.4, 0.5) is 0 Å². The largest absolute Gasteiger partial charge is 0.349 e. The SMILES string of the molecule is CC(C)(C)[C@@H](N)C(=O)NCc1csc(=O)[nH]1. The molecule has 0 bridgehead atoms. The minimum Gasteiger partial charge on any atom is -0.349 e. The Kier molecular flexibility index (Phi) is 3.88. The maximum absolute atomic E-state index is 11.6. The third kappa shape index (κ3) is 3.46. The van der Waals surface area contributed by atoms with Gasteiger partial charge in [0.15, 0.2) is 0 Å². The van der Waals surface area contributed by atoms with Crippen LogP contribution in [0.15, 0.2) is 10.2 Å². The van der Waals surface area contributed by atoms with Gasteiger partial charge in [0.2, 0.25) is 5.91 Å². The van der Waals surface area contributed by atoms with E-state index in [0.29, 0.717) is 12.2 Å². The van der Waals surface area contributed by atoms with E-state index in [1.165, 1.54) is 0 Å². The molecule has 16 heavy (non-hydrogen) atoms. The van der Waals surface area contributed by atoms with Crippen LogP contribution in [-0.2, 0) is 11.3 Å². The van der Waals surface area contributed by atoms with Crippen molar-refractivity contribution in [3.05, 3.63) is 20.7 Å². The van der Waals surface area contributed by atoms with Crippen LogP contribution >= 0.6 is 11.3 Å². The zero-order chi connectivity index (χ0) is 12.3. The summed E-state index contributed by atoms with van der Waals surface area (Å²) >= 11 is 1.08. The molecule has 0 aliphatic rings. The smallest absolute Gasteiger partial charge is 0.304 e. The maximum Gasteiger partial charge on any atom is 0.304 e. The normalized spacial score (nSPS) is 13.5. The van der Waals surface area contributed by atoms with Gasteiger partial charge in [-0.25, -0.2) is 0 Å². The van der Waals surface area contributed by atoms with Crippen LogP contribution in [0.5, 0.6) is 0 Å². The Balaban J connectivity index is 2.50. The predicted molar refractivity (Wildman–Crippen MR) is 64.2 cm³/mol. The number of nitrogens with two attached hydrogens (primary N) is 1. The number of hydrogen-bond donors (Lipinski definition) is 3. The zero-order valence-corrected chi connectivity index (χ0v) is 10.5. The van der Waals surface area contributed by atoms with E-state index in [-0.39, 0.29) is 16.2 Å². The van der Waals surface area contributed by atoms with Gasteiger partial charge in [0, 0.05) is 11.1 Å². The van der Waals surface area contributed by atoms with Gasteiger partial charge in [-0.3, -0.25) is 9.59 Å². The molecule has 1 aromatic heterocycles. The van der Waals surface area contributed by atoms with Gasteiger partial charge in [0.1, 0.15) is 0 Å². The molecule has 0 unspecified atom stereocenters. The van der Waals surface area contributed by atoms with Crippen LogP contribution < -0.4 is 15.9 Å². The number of aromatic amines is 1. The third-order valence-electron chi connectivity index (χ3n) is 2.24. The summed E-state index contributed by atoms with van der Waals surface area (Å²) in [6.45, 7) is 6.03. The number of rotatable bonds is 3. The molecule has 0 aliphatic carbocycles. The molecule has 0 fully saturated rings. The molecule has 1 atom stereocenters. The second kappa shape index (κ2) is 4.80. The molecule has 0 spiro atoms. The highest BCUT2D eigenvalue weighted by atomic mass is 32.1. The summed E-state index contributed by atoms with van der Waals surface area (Å²) in [5.41, 5.74) is 6.21. The first kappa shape index (κ1) is 12.9. The third-order valence-corrected chi connectivity index (χ3v) is 2.96. The summed E-state index contributed by atoms with van der Waals surface area (Å²) < 4.78 is 0. The van der Waals surface area contributed by atoms with E-state index in [1.807, 2.05) is 20.8 Å². The van der Waals surface area contributed by atoms with Gasteiger partial charge in [0.05, 0.1) is 12.6 Å². The molecular formula is C10H17N3O2S. The molecule has 6 heteroatoms. The van der Waals surface area contributed by atoms with Crippen LogP contribution in [-0.4, -0.2) is 16.9 Å². The average Bonchev–Trinajstić information content (AvgIpc) is 2.58. The fraction of sp³-hybridized carbons (Fsp3) is 0.600. The van der Waals surface area contributed by atoms with Crippen molar-refractivity contribution in [2.45, 2.75) is 33.4 Å². The first-order chi connectivity index (χ1) is 7.30. The van der Waals surface area contributed by atoms with Gasteiger partial charge in [-0.2, -0.15) is 0 Å². The summed E-state index contributed by atoms with van der Waals surface area (Å²) in [7, 11) is 0. The van der Waals surface area contributed by atoms with E-state index >= 15 is 0 Å². The second-order valence-electron chi connectivity index (χ2n) is 4.73.